The van der Waals surface area contributed by atoms with Gasteiger partial charge in [-0.2, -0.15) is 5.10 Å². The second-order valence-electron chi connectivity index (χ2n) is 7.88. The summed E-state index contributed by atoms with van der Waals surface area (Å²) in [6.07, 6.45) is 5.62. The highest BCUT2D eigenvalue weighted by Crippen LogP contribution is 2.46. The lowest BCUT2D eigenvalue weighted by atomic mass is 9.77. The Hall–Kier alpha value is -2.55. The van der Waals surface area contributed by atoms with Crippen LogP contribution in [0.25, 0.3) is 6.08 Å². The second-order valence-corrected chi connectivity index (χ2v) is 8.75. The maximum Gasteiger partial charge on any atom is 0.0859 e. The van der Waals surface area contributed by atoms with Crippen molar-refractivity contribution in [2.45, 2.75) is 25.3 Å². The van der Waals surface area contributed by atoms with Crippen LogP contribution in [0.3, 0.4) is 0 Å². The Balaban J connectivity index is 1.58. The first kappa shape index (κ1) is 19.4. The number of hydrazone groups is 1. The van der Waals surface area contributed by atoms with Gasteiger partial charge >= 0.3 is 0 Å². The van der Waals surface area contributed by atoms with Crippen molar-refractivity contribution in [3.8, 4) is 0 Å². The van der Waals surface area contributed by atoms with Gasteiger partial charge in [0.25, 0.3) is 0 Å². The third-order valence-electron chi connectivity index (χ3n) is 5.94. The molecule has 0 radical (unpaired) electrons. The minimum absolute atomic E-state index is 0.175. The van der Waals surface area contributed by atoms with Gasteiger partial charge in [0.2, 0.25) is 0 Å². The molecule has 4 heteroatoms. The molecule has 2 unspecified atom stereocenters. The number of nitrogens with zero attached hydrogens (tertiary/aromatic N) is 2. The van der Waals surface area contributed by atoms with E-state index in [2.05, 4.69) is 59.6 Å². The maximum atomic E-state index is 6.17. The average Bonchev–Trinajstić information content (AvgIpc) is 3.17. The molecule has 0 spiro atoms. The van der Waals surface area contributed by atoms with Crippen molar-refractivity contribution in [1.29, 1.82) is 0 Å². The van der Waals surface area contributed by atoms with Gasteiger partial charge in [0, 0.05) is 16.0 Å². The van der Waals surface area contributed by atoms with Crippen LogP contribution in [-0.2, 0) is 0 Å². The summed E-state index contributed by atoms with van der Waals surface area (Å²) in [5.74, 6) is 0.360. The van der Waals surface area contributed by atoms with E-state index in [1.807, 2.05) is 30.3 Å². The van der Waals surface area contributed by atoms with E-state index in [-0.39, 0.29) is 6.04 Å². The van der Waals surface area contributed by atoms with Crippen LogP contribution < -0.4 is 5.01 Å². The van der Waals surface area contributed by atoms with Gasteiger partial charge in [0.15, 0.2) is 0 Å². The molecule has 2 nitrogen and oxygen atoms in total. The Labute approximate surface area is 187 Å². The Bertz CT molecular complexity index is 1090. The van der Waals surface area contributed by atoms with E-state index in [0.29, 0.717) is 5.92 Å². The molecule has 0 saturated heterocycles. The van der Waals surface area contributed by atoms with Crippen molar-refractivity contribution < 1.29 is 0 Å². The zero-order chi connectivity index (χ0) is 20.5. The molecule has 3 aromatic rings. The number of allylic oxidation sites excluding steroid dienone is 1. The van der Waals surface area contributed by atoms with Gasteiger partial charge in [-0.25, -0.2) is 0 Å². The zero-order valence-electron chi connectivity index (χ0n) is 16.5. The molecule has 1 heterocycles. The van der Waals surface area contributed by atoms with Crippen molar-refractivity contribution in [2.75, 3.05) is 5.01 Å². The maximum absolute atomic E-state index is 6.17. The average molecular weight is 433 g/mol. The van der Waals surface area contributed by atoms with Crippen LogP contribution in [0.5, 0.6) is 0 Å². The number of rotatable bonds is 3. The van der Waals surface area contributed by atoms with Gasteiger partial charge in [-0.1, -0.05) is 65.7 Å². The van der Waals surface area contributed by atoms with E-state index in [4.69, 9.17) is 28.3 Å². The lowest BCUT2D eigenvalue weighted by Gasteiger charge is -2.30. The molecule has 2 aliphatic rings. The SMILES string of the molecule is Clc1ccc(C=C2CCCC3C2=NN(c2ccccc2)C3c2ccc(Cl)cc2)cc1. The predicted molar refractivity (Wildman–Crippen MR) is 127 cm³/mol. The highest BCUT2D eigenvalue weighted by Gasteiger charge is 2.41. The summed E-state index contributed by atoms with van der Waals surface area (Å²) >= 11 is 12.2. The molecule has 0 aromatic heterocycles. The highest BCUT2D eigenvalue weighted by atomic mass is 35.5. The van der Waals surface area contributed by atoms with Crippen LogP contribution in [0.15, 0.2) is 89.5 Å². The Morgan fingerprint density at radius 2 is 1.50 bits per heavy atom. The molecule has 0 bridgehead atoms. The van der Waals surface area contributed by atoms with Crippen LogP contribution in [0, 0.1) is 5.92 Å². The van der Waals surface area contributed by atoms with E-state index in [1.54, 1.807) is 0 Å². The molecule has 3 aromatic carbocycles. The monoisotopic (exact) mass is 432 g/mol. The van der Waals surface area contributed by atoms with Crippen molar-refractivity contribution in [2.24, 2.45) is 11.0 Å². The largest absolute Gasteiger partial charge is 0.257 e. The molecule has 0 amide bonds. The summed E-state index contributed by atoms with van der Waals surface area (Å²) < 4.78 is 0. The molecule has 150 valence electrons. The number of fused-ring (bicyclic) bond motifs is 1. The van der Waals surface area contributed by atoms with E-state index >= 15 is 0 Å². The third kappa shape index (κ3) is 3.78. The van der Waals surface area contributed by atoms with Crippen LogP contribution >= 0.6 is 23.2 Å². The Kier molecular flexibility index (Phi) is 5.37. The summed E-state index contributed by atoms with van der Waals surface area (Å²) in [7, 11) is 0. The van der Waals surface area contributed by atoms with Crippen molar-refractivity contribution in [3.05, 3.63) is 106 Å². The summed E-state index contributed by atoms with van der Waals surface area (Å²) in [4.78, 5) is 0. The topological polar surface area (TPSA) is 15.6 Å². The van der Waals surface area contributed by atoms with Crippen LogP contribution in [0.2, 0.25) is 10.0 Å². The number of hydrogen-bond donors (Lipinski definition) is 0. The highest BCUT2D eigenvalue weighted by molar-refractivity contribution is 6.30. The summed E-state index contributed by atoms with van der Waals surface area (Å²) in [6, 6.07) is 26.9. The van der Waals surface area contributed by atoms with E-state index < -0.39 is 0 Å². The van der Waals surface area contributed by atoms with Crippen molar-refractivity contribution in [3.63, 3.8) is 0 Å². The number of anilines is 1. The smallest absolute Gasteiger partial charge is 0.0859 e. The predicted octanol–water partition coefficient (Wildman–Crippen LogP) is 7.79. The lowest BCUT2D eigenvalue weighted by molar-refractivity contribution is 0.488. The molecule has 1 saturated carbocycles. The molecule has 0 N–H and O–H groups in total. The minimum atomic E-state index is 0.175. The quantitative estimate of drug-likeness (QED) is 0.412. The molecule has 5 rings (SSSR count). The van der Waals surface area contributed by atoms with E-state index in [1.165, 1.54) is 22.4 Å². The lowest BCUT2D eigenvalue weighted by Crippen LogP contribution is -2.28. The number of benzene rings is 3. The fourth-order valence-electron chi connectivity index (χ4n) is 4.55. The van der Waals surface area contributed by atoms with Gasteiger partial charge in [-0.3, -0.25) is 5.01 Å². The van der Waals surface area contributed by atoms with Crippen LogP contribution in [0.1, 0.15) is 36.4 Å². The first-order valence-electron chi connectivity index (χ1n) is 10.3. The standard InChI is InChI=1S/C26H22Cl2N2/c27-21-13-9-18(10-14-21)17-20-5-4-8-24-25(20)29-30(23-6-2-1-3-7-23)26(24)19-11-15-22(28)16-12-19/h1-3,6-7,9-17,24,26H,4-5,8H2. The third-order valence-corrected chi connectivity index (χ3v) is 6.45. The number of halogens is 2. The first-order chi connectivity index (χ1) is 14.7. The molecule has 2 atom stereocenters. The molecule has 1 aliphatic heterocycles. The first-order valence-corrected chi connectivity index (χ1v) is 11.1. The fourth-order valence-corrected chi connectivity index (χ4v) is 4.80. The second kappa shape index (κ2) is 8.29. The van der Waals surface area contributed by atoms with E-state index in [0.717, 1.165) is 35.0 Å². The number of para-hydroxylation sites is 1. The zero-order valence-corrected chi connectivity index (χ0v) is 18.0. The van der Waals surface area contributed by atoms with Gasteiger partial charge in [-0.15, -0.1) is 0 Å². The Morgan fingerprint density at radius 1 is 0.833 bits per heavy atom. The van der Waals surface area contributed by atoms with Crippen molar-refractivity contribution in [1.82, 2.24) is 0 Å². The van der Waals surface area contributed by atoms with Gasteiger partial charge in [0.1, 0.15) is 0 Å². The summed E-state index contributed by atoms with van der Waals surface area (Å²) in [5.41, 5.74) is 6.06. The fraction of sp³-hybridized carbons (Fsp3) is 0.192. The molecule has 30 heavy (non-hydrogen) atoms. The molecular formula is C26H22Cl2N2. The summed E-state index contributed by atoms with van der Waals surface area (Å²) in [5, 5.41) is 8.90. The molecule has 1 fully saturated rings. The van der Waals surface area contributed by atoms with Gasteiger partial charge < -0.3 is 0 Å². The van der Waals surface area contributed by atoms with Crippen LogP contribution in [-0.4, -0.2) is 5.71 Å². The van der Waals surface area contributed by atoms with E-state index in [9.17, 15) is 0 Å². The normalized spacial score (nSPS) is 22.1. The summed E-state index contributed by atoms with van der Waals surface area (Å²) in [6.45, 7) is 0. The van der Waals surface area contributed by atoms with Crippen molar-refractivity contribution >= 4 is 40.7 Å². The van der Waals surface area contributed by atoms with Gasteiger partial charge in [-0.05, 0) is 78.4 Å². The molecule has 1 aliphatic carbocycles. The van der Waals surface area contributed by atoms with Gasteiger partial charge in [0.05, 0.1) is 17.4 Å². The minimum Gasteiger partial charge on any atom is -0.257 e. The molecular weight excluding hydrogens is 411 g/mol. The van der Waals surface area contributed by atoms with Crippen LogP contribution in [0.4, 0.5) is 5.69 Å². The Morgan fingerprint density at radius 3 is 2.20 bits per heavy atom. The number of hydrogen-bond acceptors (Lipinski definition) is 2.